The van der Waals surface area contributed by atoms with Crippen molar-refractivity contribution in [1.29, 1.82) is 0 Å². The van der Waals surface area contributed by atoms with Gasteiger partial charge in [-0.3, -0.25) is 0 Å². The van der Waals surface area contributed by atoms with Crippen LogP contribution in [-0.2, 0) is 6.42 Å². The second-order valence-electron chi connectivity index (χ2n) is 2.90. The van der Waals surface area contributed by atoms with Gasteiger partial charge in [0.1, 0.15) is 5.75 Å². The number of methoxy groups -OCH3 is 1. The van der Waals surface area contributed by atoms with E-state index in [0.29, 0.717) is 0 Å². The van der Waals surface area contributed by atoms with E-state index >= 15 is 0 Å². The van der Waals surface area contributed by atoms with E-state index < -0.39 is 0 Å². The Morgan fingerprint density at radius 3 is 2.75 bits per heavy atom. The zero-order valence-corrected chi connectivity index (χ0v) is 7.76. The van der Waals surface area contributed by atoms with Crippen LogP contribution in [0.4, 0.5) is 0 Å². The van der Waals surface area contributed by atoms with Gasteiger partial charge in [-0.1, -0.05) is 25.5 Å². The highest BCUT2D eigenvalue weighted by Crippen LogP contribution is 2.19. The summed E-state index contributed by atoms with van der Waals surface area (Å²) in [6.45, 7) is 6.04. The topological polar surface area (TPSA) is 9.23 Å². The van der Waals surface area contributed by atoms with Crippen molar-refractivity contribution in [1.82, 2.24) is 0 Å². The summed E-state index contributed by atoms with van der Waals surface area (Å²) in [7, 11) is 1.68. The molecular formula is C11H15O. The number of ether oxygens (including phenoxy) is 1. The minimum Gasteiger partial charge on any atom is -0.496 e. The SMILES string of the molecule is [CH2]c1ccc(CCC)cc1OC. The highest BCUT2D eigenvalue weighted by Gasteiger charge is 1.98. The second kappa shape index (κ2) is 4.15. The van der Waals surface area contributed by atoms with Gasteiger partial charge >= 0.3 is 0 Å². The number of benzene rings is 1. The molecule has 12 heavy (non-hydrogen) atoms. The monoisotopic (exact) mass is 163 g/mol. The van der Waals surface area contributed by atoms with Crippen LogP contribution in [0.1, 0.15) is 24.5 Å². The van der Waals surface area contributed by atoms with Crippen LogP contribution in [0, 0.1) is 6.92 Å². The smallest absolute Gasteiger partial charge is 0.122 e. The molecule has 1 rings (SSSR count). The van der Waals surface area contributed by atoms with Crippen molar-refractivity contribution in [3.05, 3.63) is 36.2 Å². The van der Waals surface area contributed by atoms with Crippen LogP contribution in [0.3, 0.4) is 0 Å². The van der Waals surface area contributed by atoms with Gasteiger partial charge in [-0.05, 0) is 30.5 Å². The average Bonchev–Trinajstić information content (AvgIpc) is 2.09. The van der Waals surface area contributed by atoms with E-state index in [2.05, 4.69) is 26.0 Å². The molecule has 65 valence electrons. The molecule has 0 saturated heterocycles. The Bertz CT molecular complexity index is 253. The van der Waals surface area contributed by atoms with Crippen LogP contribution in [0.25, 0.3) is 0 Å². The predicted octanol–water partition coefficient (Wildman–Crippen LogP) is 2.83. The minimum atomic E-state index is 0.890. The van der Waals surface area contributed by atoms with Crippen molar-refractivity contribution >= 4 is 0 Å². The fourth-order valence-electron chi connectivity index (χ4n) is 1.23. The molecule has 0 aliphatic rings. The number of hydrogen-bond acceptors (Lipinski definition) is 1. The first-order valence-electron chi connectivity index (χ1n) is 4.26. The predicted molar refractivity (Wildman–Crippen MR) is 51.4 cm³/mol. The van der Waals surface area contributed by atoms with Crippen molar-refractivity contribution < 1.29 is 4.74 Å². The molecule has 1 aromatic carbocycles. The zero-order chi connectivity index (χ0) is 8.97. The van der Waals surface area contributed by atoms with Crippen LogP contribution < -0.4 is 4.74 Å². The van der Waals surface area contributed by atoms with Crippen LogP contribution >= 0.6 is 0 Å². The lowest BCUT2D eigenvalue weighted by Crippen LogP contribution is -1.90. The fraction of sp³-hybridized carbons (Fsp3) is 0.364. The molecule has 0 bridgehead atoms. The molecule has 0 unspecified atom stereocenters. The molecule has 0 aromatic heterocycles. The van der Waals surface area contributed by atoms with E-state index in [9.17, 15) is 0 Å². The Morgan fingerprint density at radius 2 is 2.17 bits per heavy atom. The molecule has 0 atom stereocenters. The van der Waals surface area contributed by atoms with E-state index in [1.807, 2.05) is 6.07 Å². The molecule has 0 aliphatic heterocycles. The van der Waals surface area contributed by atoms with E-state index in [0.717, 1.165) is 17.7 Å². The third-order valence-corrected chi connectivity index (χ3v) is 1.89. The first-order valence-corrected chi connectivity index (χ1v) is 4.26. The van der Waals surface area contributed by atoms with Gasteiger partial charge in [0.25, 0.3) is 0 Å². The summed E-state index contributed by atoms with van der Waals surface area (Å²) in [5.74, 6) is 0.890. The number of hydrogen-bond donors (Lipinski definition) is 0. The van der Waals surface area contributed by atoms with E-state index in [1.165, 1.54) is 12.0 Å². The van der Waals surface area contributed by atoms with E-state index in [1.54, 1.807) is 7.11 Å². The van der Waals surface area contributed by atoms with Crippen LogP contribution in [0.15, 0.2) is 18.2 Å². The fourth-order valence-corrected chi connectivity index (χ4v) is 1.23. The second-order valence-corrected chi connectivity index (χ2v) is 2.90. The van der Waals surface area contributed by atoms with Crippen molar-refractivity contribution in [2.24, 2.45) is 0 Å². The maximum absolute atomic E-state index is 5.17. The van der Waals surface area contributed by atoms with Crippen LogP contribution in [0.5, 0.6) is 5.75 Å². The molecule has 1 aromatic rings. The van der Waals surface area contributed by atoms with Crippen LogP contribution in [0.2, 0.25) is 0 Å². The van der Waals surface area contributed by atoms with Crippen LogP contribution in [-0.4, -0.2) is 7.11 Å². The quantitative estimate of drug-likeness (QED) is 0.665. The summed E-state index contributed by atoms with van der Waals surface area (Å²) < 4.78 is 5.17. The summed E-state index contributed by atoms with van der Waals surface area (Å²) in [4.78, 5) is 0. The van der Waals surface area contributed by atoms with Crippen molar-refractivity contribution in [3.63, 3.8) is 0 Å². The van der Waals surface area contributed by atoms with Crippen molar-refractivity contribution in [3.8, 4) is 5.75 Å². The van der Waals surface area contributed by atoms with Gasteiger partial charge in [0, 0.05) is 0 Å². The summed E-state index contributed by atoms with van der Waals surface area (Å²) in [6, 6.07) is 6.17. The highest BCUT2D eigenvalue weighted by molar-refractivity contribution is 5.39. The lowest BCUT2D eigenvalue weighted by Gasteiger charge is -2.06. The molecule has 1 heteroatoms. The van der Waals surface area contributed by atoms with Crippen molar-refractivity contribution in [2.75, 3.05) is 7.11 Å². The van der Waals surface area contributed by atoms with E-state index in [-0.39, 0.29) is 0 Å². The molecule has 0 aliphatic carbocycles. The summed E-state index contributed by atoms with van der Waals surface area (Å²) in [6.07, 6.45) is 2.27. The summed E-state index contributed by atoms with van der Waals surface area (Å²) in [5, 5.41) is 0. The Kier molecular flexibility index (Phi) is 3.15. The number of aryl methyl sites for hydroxylation is 1. The molecule has 0 heterocycles. The maximum Gasteiger partial charge on any atom is 0.122 e. The molecule has 0 spiro atoms. The first-order chi connectivity index (χ1) is 5.77. The third kappa shape index (κ3) is 2.00. The zero-order valence-electron chi connectivity index (χ0n) is 7.76. The Balaban J connectivity index is 2.89. The van der Waals surface area contributed by atoms with Gasteiger partial charge in [0.2, 0.25) is 0 Å². The van der Waals surface area contributed by atoms with Gasteiger partial charge in [-0.2, -0.15) is 0 Å². The standard InChI is InChI=1S/C11H15O/c1-4-5-10-7-6-9(2)11(8-10)12-3/h6-8H,2,4-5H2,1,3H3. The molecular weight excluding hydrogens is 148 g/mol. The minimum absolute atomic E-state index is 0.890. The molecule has 1 radical (unpaired) electrons. The lowest BCUT2D eigenvalue weighted by molar-refractivity contribution is 0.412. The molecule has 0 N–H and O–H groups in total. The van der Waals surface area contributed by atoms with Gasteiger partial charge in [-0.15, -0.1) is 0 Å². The van der Waals surface area contributed by atoms with Crippen molar-refractivity contribution in [2.45, 2.75) is 19.8 Å². The van der Waals surface area contributed by atoms with Gasteiger partial charge in [0.15, 0.2) is 0 Å². The summed E-state index contributed by atoms with van der Waals surface area (Å²) in [5.41, 5.74) is 2.28. The highest BCUT2D eigenvalue weighted by atomic mass is 16.5. The van der Waals surface area contributed by atoms with Gasteiger partial charge in [0.05, 0.1) is 7.11 Å². The average molecular weight is 163 g/mol. The lowest BCUT2D eigenvalue weighted by atomic mass is 10.1. The number of rotatable bonds is 3. The molecule has 0 amide bonds. The maximum atomic E-state index is 5.17. The Labute approximate surface area is 74.4 Å². The molecule has 0 fully saturated rings. The van der Waals surface area contributed by atoms with E-state index in [4.69, 9.17) is 4.74 Å². The Hall–Kier alpha value is -0.980. The van der Waals surface area contributed by atoms with Gasteiger partial charge in [-0.25, -0.2) is 0 Å². The molecule has 1 nitrogen and oxygen atoms in total. The largest absolute Gasteiger partial charge is 0.496 e. The first kappa shape index (κ1) is 9.11. The summed E-state index contributed by atoms with van der Waals surface area (Å²) >= 11 is 0. The van der Waals surface area contributed by atoms with Gasteiger partial charge < -0.3 is 4.74 Å². The normalized spacial score (nSPS) is 9.92. The molecule has 0 saturated carbocycles. The Morgan fingerprint density at radius 1 is 1.42 bits per heavy atom. The third-order valence-electron chi connectivity index (χ3n) is 1.89.